The molecule has 0 saturated heterocycles. The molecule has 0 fully saturated rings. The van der Waals surface area contributed by atoms with Crippen LogP contribution >= 0.6 is 0 Å². The number of phenolic OH excluding ortho intramolecular Hbond substituents is 3. The quantitative estimate of drug-likeness (QED) is 0.0340. The van der Waals surface area contributed by atoms with Gasteiger partial charge in [0.05, 0.1) is 54.9 Å². The van der Waals surface area contributed by atoms with Gasteiger partial charge in [0.25, 0.3) is 5.69 Å². The Morgan fingerprint density at radius 2 is 1.09 bits per heavy atom. The Bertz CT molecular complexity index is 3190. The Morgan fingerprint density at radius 1 is 0.594 bits per heavy atom. The summed E-state index contributed by atoms with van der Waals surface area (Å²) < 4.78 is 112. The third kappa shape index (κ3) is 12.9. The van der Waals surface area contributed by atoms with Gasteiger partial charge < -0.3 is 39.0 Å². The van der Waals surface area contributed by atoms with Gasteiger partial charge >= 0.3 is 88.7 Å². The number of rotatable bonds is 13. The number of nitrogens with zero attached hydrogens (tertiary/aromatic N) is 7. The number of hydrogen-bond acceptors (Lipinski definition) is 22. The van der Waals surface area contributed by atoms with Crippen LogP contribution in [-0.2, 0) is 30.4 Å². The maximum absolute atomic E-state index is 12.0. The summed E-state index contributed by atoms with van der Waals surface area (Å²) >= 11 is 0. The predicted octanol–water partition coefficient (Wildman–Crippen LogP) is -1.41. The number of ether oxygens (including phenoxy) is 1. The summed E-state index contributed by atoms with van der Waals surface area (Å²) in [5.74, 6) is -2.07. The van der Waals surface area contributed by atoms with Crippen molar-refractivity contribution < 1.29 is 153 Å². The zero-order valence-electron chi connectivity index (χ0n) is 33.3. The van der Waals surface area contributed by atoms with Crippen molar-refractivity contribution in [3.63, 3.8) is 0 Å². The van der Waals surface area contributed by atoms with Crippen LogP contribution in [0.1, 0.15) is 0 Å². The first-order chi connectivity index (χ1) is 28.6. The molecule has 0 unspecified atom stereocenters. The van der Waals surface area contributed by atoms with Crippen molar-refractivity contribution in [2.75, 3.05) is 12.4 Å². The van der Waals surface area contributed by atoms with Crippen LogP contribution in [0.15, 0.2) is 142 Å². The number of nitro groups is 1. The van der Waals surface area contributed by atoms with Gasteiger partial charge in [0.1, 0.15) is 53.2 Å². The molecule has 0 atom stereocenters. The number of fused-ring (bicyclic) bond motifs is 1. The van der Waals surface area contributed by atoms with Crippen molar-refractivity contribution in [1.29, 1.82) is 0 Å². The van der Waals surface area contributed by atoms with Crippen LogP contribution in [0.5, 0.6) is 23.0 Å². The maximum atomic E-state index is 12.0. The number of nitro benzene ring substituents is 1. The summed E-state index contributed by atoms with van der Waals surface area (Å²) in [4.78, 5) is 7.45. The molecule has 29 heteroatoms. The van der Waals surface area contributed by atoms with Crippen molar-refractivity contribution >= 4 is 92.3 Å². The third-order valence-electron chi connectivity index (χ3n) is 8.21. The molecule has 6 aromatic rings. The average molecular weight is 961 g/mol. The fourth-order valence-electron chi connectivity index (χ4n) is 5.33. The van der Waals surface area contributed by atoms with Crippen molar-refractivity contribution in [1.82, 2.24) is 0 Å². The van der Waals surface area contributed by atoms with E-state index in [-0.39, 0.29) is 117 Å². The largest absolute Gasteiger partial charge is 1.00 e. The van der Waals surface area contributed by atoms with Crippen LogP contribution in [-0.4, -0.2) is 66.3 Å². The summed E-state index contributed by atoms with van der Waals surface area (Å²) in [5, 5.41) is 69.8. The number of phenols is 3. The summed E-state index contributed by atoms with van der Waals surface area (Å²) in [6.45, 7) is 0. The van der Waals surface area contributed by atoms with Gasteiger partial charge in [-0.05, 0) is 84.2 Å². The number of nitrogens with one attached hydrogen (secondary N) is 1. The second kappa shape index (κ2) is 21.7. The molecule has 314 valence electrons. The van der Waals surface area contributed by atoms with Gasteiger partial charge in [0.2, 0.25) is 0 Å². The Labute approximate surface area is 428 Å². The number of methoxy groups -OCH3 is 1. The SMILES string of the molecule is COc1ccc(N=Nc2c(O)c(N=Nc3ccc(Nc4ccc([N+](=O)[O-])cc4S(=O)(=O)[O-])cc3)cc(N=Nc3cc(S(=O)(=O)[O-])cc4cc(S(=O)(=O)[O-])cc(O)c34)c2O)cc1.[Na+].[Na+].[Na+]. The van der Waals surface area contributed by atoms with Gasteiger partial charge in [0, 0.05) is 23.9 Å². The van der Waals surface area contributed by atoms with E-state index >= 15 is 0 Å². The Balaban J connectivity index is 0.00000363. The van der Waals surface area contributed by atoms with Gasteiger partial charge in [-0.2, -0.15) is 10.2 Å². The molecule has 6 aromatic carbocycles. The minimum Gasteiger partial charge on any atom is -0.744 e. The molecule has 0 bridgehead atoms. The molecule has 6 rings (SSSR count). The first-order valence-electron chi connectivity index (χ1n) is 16.4. The summed E-state index contributed by atoms with van der Waals surface area (Å²) in [5.41, 5.74) is -2.53. The molecule has 0 aliphatic rings. The fraction of sp³-hybridized carbons (Fsp3) is 0.0286. The van der Waals surface area contributed by atoms with Crippen LogP contribution in [0.2, 0.25) is 0 Å². The summed E-state index contributed by atoms with van der Waals surface area (Å²) in [7, 11) is -14.1. The molecular formula is C35H23N8Na3O15S3. The molecule has 0 heterocycles. The number of hydrogen-bond donors (Lipinski definition) is 4. The molecule has 0 aliphatic heterocycles. The molecule has 4 N–H and O–H groups in total. The van der Waals surface area contributed by atoms with Crippen molar-refractivity contribution in [2.24, 2.45) is 30.7 Å². The smallest absolute Gasteiger partial charge is 0.744 e. The van der Waals surface area contributed by atoms with Gasteiger partial charge in [-0.3, -0.25) is 10.1 Å². The first-order valence-corrected chi connectivity index (χ1v) is 20.7. The summed E-state index contributed by atoms with van der Waals surface area (Å²) in [6.07, 6.45) is 0. The fourth-order valence-corrected chi connectivity index (χ4v) is 7.04. The third-order valence-corrected chi connectivity index (χ3v) is 10.7. The van der Waals surface area contributed by atoms with Crippen LogP contribution in [0.25, 0.3) is 10.8 Å². The monoisotopic (exact) mass is 960 g/mol. The van der Waals surface area contributed by atoms with Crippen molar-refractivity contribution in [2.45, 2.75) is 14.7 Å². The second-order valence-corrected chi connectivity index (χ2v) is 16.3. The number of aromatic hydroxyl groups is 3. The van der Waals surface area contributed by atoms with E-state index in [1.165, 1.54) is 43.5 Å². The van der Waals surface area contributed by atoms with E-state index in [9.17, 15) is 64.3 Å². The molecule has 0 spiro atoms. The van der Waals surface area contributed by atoms with Crippen molar-refractivity contribution in [3.05, 3.63) is 107 Å². The molecule has 0 saturated carbocycles. The van der Waals surface area contributed by atoms with E-state index in [4.69, 9.17) is 4.74 Å². The van der Waals surface area contributed by atoms with Gasteiger partial charge in [-0.25, -0.2) is 25.3 Å². The predicted molar refractivity (Wildman–Crippen MR) is 208 cm³/mol. The van der Waals surface area contributed by atoms with E-state index < -0.39 is 101 Å². The molecule has 0 amide bonds. The first kappa shape index (κ1) is 53.8. The number of benzene rings is 6. The number of non-ortho nitro benzene ring substituents is 1. The minimum absolute atomic E-state index is 0. The molecular weight excluding hydrogens is 938 g/mol. The van der Waals surface area contributed by atoms with E-state index in [2.05, 4.69) is 36.0 Å². The maximum Gasteiger partial charge on any atom is 1.00 e. The van der Waals surface area contributed by atoms with Crippen LogP contribution in [0.4, 0.5) is 51.2 Å². The summed E-state index contributed by atoms with van der Waals surface area (Å²) in [6, 6.07) is 17.7. The zero-order chi connectivity index (χ0) is 44.4. The standard InChI is InChI=1S/C35H26N8O15S3.3Na/c1-58-23-9-6-21(7-10-23)38-42-33-34(45)28(40-37-20-4-2-19(3-5-20)36-26-11-8-22(43(47)48)14-31(26)61(55,56)57)17-29(35(33)46)41-39-27-15-24(59(49,50)51)12-18-13-25(60(52,53)54)16-30(44)32(18)27;;;/h2-17,36,44-46H,1H3,(H,49,50,51)(H,52,53,54)(H,55,56,57);;;/q;3*+1/p-3. The number of azo groups is 3. The zero-order valence-corrected chi connectivity index (χ0v) is 41.8. The molecule has 0 aromatic heterocycles. The normalized spacial score (nSPS) is 11.9. The molecule has 64 heavy (non-hydrogen) atoms. The van der Waals surface area contributed by atoms with Gasteiger partial charge in [-0.15, -0.1) is 20.5 Å². The van der Waals surface area contributed by atoms with Gasteiger partial charge in [-0.1, -0.05) is 0 Å². The van der Waals surface area contributed by atoms with Crippen LogP contribution in [0, 0.1) is 10.1 Å². The average Bonchev–Trinajstić information content (AvgIpc) is 3.19. The Morgan fingerprint density at radius 3 is 1.61 bits per heavy atom. The Hall–Kier alpha value is -4.49. The van der Waals surface area contributed by atoms with Crippen LogP contribution in [0.3, 0.4) is 0 Å². The van der Waals surface area contributed by atoms with Crippen molar-refractivity contribution in [3.8, 4) is 23.0 Å². The molecule has 0 radical (unpaired) electrons. The molecule has 23 nitrogen and oxygen atoms in total. The Kier molecular flexibility index (Phi) is 18.2. The van der Waals surface area contributed by atoms with E-state index in [1.54, 1.807) is 12.1 Å². The number of anilines is 2. The van der Waals surface area contributed by atoms with Crippen LogP contribution < -0.4 is 98.7 Å². The van der Waals surface area contributed by atoms with Gasteiger partial charge in [0.15, 0.2) is 17.2 Å². The van der Waals surface area contributed by atoms with E-state index in [1.807, 2.05) is 0 Å². The van der Waals surface area contributed by atoms with E-state index in [0.29, 0.717) is 36.1 Å². The second-order valence-electron chi connectivity index (χ2n) is 12.2. The van der Waals surface area contributed by atoms with E-state index in [0.717, 1.165) is 18.2 Å². The minimum atomic E-state index is -5.26. The molecule has 0 aliphatic carbocycles. The topological polar surface area (TPSA) is 371 Å².